The van der Waals surface area contributed by atoms with Crippen molar-refractivity contribution in [1.29, 1.82) is 0 Å². The molecule has 3 aromatic rings. The molecule has 0 radical (unpaired) electrons. The topological polar surface area (TPSA) is 56.3 Å². The maximum absolute atomic E-state index is 6.48. The van der Waals surface area contributed by atoms with Gasteiger partial charge in [0, 0.05) is 47.9 Å². The lowest BCUT2D eigenvalue weighted by molar-refractivity contribution is 0.356. The molecular weight excluding hydrogens is 338 g/mol. The second-order valence-electron chi connectivity index (χ2n) is 6.04. The van der Waals surface area contributed by atoms with Crippen molar-refractivity contribution in [3.05, 3.63) is 47.2 Å². The fraction of sp³-hybridized carbons (Fsp3) is 0.263. The zero-order valence-corrected chi connectivity index (χ0v) is 14.8. The Morgan fingerprint density at radius 3 is 2.44 bits per heavy atom. The van der Waals surface area contributed by atoms with E-state index in [9.17, 15) is 0 Å². The number of rotatable bonds is 4. The van der Waals surface area contributed by atoms with Crippen LogP contribution in [-0.4, -0.2) is 37.3 Å². The molecule has 4 rings (SSSR count). The van der Waals surface area contributed by atoms with E-state index in [0.717, 1.165) is 40.9 Å². The average molecular weight is 356 g/mol. The van der Waals surface area contributed by atoms with E-state index in [2.05, 4.69) is 16.4 Å². The van der Waals surface area contributed by atoms with Gasteiger partial charge in [0.2, 0.25) is 0 Å². The van der Waals surface area contributed by atoms with E-state index in [0.29, 0.717) is 22.4 Å². The SMILES string of the molecule is COc1cc2nc(-c3ccc(C4CNC4)nc3)cc(Cl)c2cc1OC. The summed E-state index contributed by atoms with van der Waals surface area (Å²) in [6.07, 6.45) is 1.86. The fourth-order valence-corrected chi connectivity index (χ4v) is 3.21. The largest absolute Gasteiger partial charge is 0.493 e. The minimum absolute atomic E-state index is 0.513. The van der Waals surface area contributed by atoms with Gasteiger partial charge in [-0.05, 0) is 24.3 Å². The number of fused-ring (bicyclic) bond motifs is 1. The van der Waals surface area contributed by atoms with Crippen molar-refractivity contribution >= 4 is 22.5 Å². The zero-order chi connectivity index (χ0) is 17.4. The smallest absolute Gasteiger partial charge is 0.162 e. The summed E-state index contributed by atoms with van der Waals surface area (Å²) in [5.41, 5.74) is 3.60. The van der Waals surface area contributed by atoms with E-state index in [1.54, 1.807) is 14.2 Å². The van der Waals surface area contributed by atoms with E-state index in [4.69, 9.17) is 26.1 Å². The lowest BCUT2D eigenvalue weighted by Gasteiger charge is -2.26. The quantitative estimate of drug-likeness (QED) is 0.774. The number of halogens is 1. The summed E-state index contributed by atoms with van der Waals surface area (Å²) in [7, 11) is 3.21. The van der Waals surface area contributed by atoms with Gasteiger partial charge >= 0.3 is 0 Å². The number of pyridine rings is 2. The lowest BCUT2D eigenvalue weighted by atomic mass is 9.98. The molecule has 0 saturated carbocycles. The molecule has 5 nitrogen and oxygen atoms in total. The van der Waals surface area contributed by atoms with Crippen LogP contribution < -0.4 is 14.8 Å². The van der Waals surface area contributed by atoms with E-state index < -0.39 is 0 Å². The molecular formula is C19H18ClN3O2. The summed E-state index contributed by atoms with van der Waals surface area (Å²) in [4.78, 5) is 9.31. The van der Waals surface area contributed by atoms with Gasteiger partial charge in [-0.25, -0.2) is 4.98 Å². The third-order valence-electron chi connectivity index (χ3n) is 4.55. The molecule has 6 heteroatoms. The highest BCUT2D eigenvalue weighted by Gasteiger charge is 2.20. The van der Waals surface area contributed by atoms with Crippen LogP contribution in [0, 0.1) is 0 Å². The third-order valence-corrected chi connectivity index (χ3v) is 4.86. The van der Waals surface area contributed by atoms with Gasteiger partial charge in [0.1, 0.15) is 0 Å². The molecule has 128 valence electrons. The van der Waals surface area contributed by atoms with Gasteiger partial charge in [0.25, 0.3) is 0 Å². The normalized spacial score (nSPS) is 14.4. The van der Waals surface area contributed by atoms with Crippen LogP contribution in [0.2, 0.25) is 5.02 Å². The summed E-state index contributed by atoms with van der Waals surface area (Å²) in [5.74, 6) is 1.77. The highest BCUT2D eigenvalue weighted by Crippen LogP contribution is 2.36. The number of methoxy groups -OCH3 is 2. The first-order valence-corrected chi connectivity index (χ1v) is 8.46. The van der Waals surface area contributed by atoms with E-state index in [1.165, 1.54) is 0 Å². The number of aromatic nitrogens is 2. The van der Waals surface area contributed by atoms with Crippen LogP contribution in [0.4, 0.5) is 0 Å². The van der Waals surface area contributed by atoms with E-state index in [-0.39, 0.29) is 0 Å². The lowest BCUT2D eigenvalue weighted by Crippen LogP contribution is -2.40. The summed E-state index contributed by atoms with van der Waals surface area (Å²) in [5, 5.41) is 4.71. The fourth-order valence-electron chi connectivity index (χ4n) is 2.96. The Labute approximate surface area is 151 Å². The standard InChI is InChI=1S/C19H18ClN3O2/c1-24-18-5-13-14(20)6-16(23-17(13)7-19(18)25-2)11-3-4-15(22-10-11)12-8-21-9-12/h3-7,10,12,21H,8-9H2,1-2H3. The molecule has 0 bridgehead atoms. The Morgan fingerprint density at radius 2 is 1.84 bits per heavy atom. The number of nitrogens with zero attached hydrogens (tertiary/aromatic N) is 2. The number of nitrogens with one attached hydrogen (secondary N) is 1. The van der Waals surface area contributed by atoms with Crippen molar-refractivity contribution in [1.82, 2.24) is 15.3 Å². The van der Waals surface area contributed by atoms with Crippen LogP contribution in [0.3, 0.4) is 0 Å². The predicted octanol–water partition coefficient (Wildman–Crippen LogP) is 3.65. The molecule has 0 aliphatic carbocycles. The molecule has 1 saturated heterocycles. The maximum Gasteiger partial charge on any atom is 0.162 e. The molecule has 2 aromatic heterocycles. The zero-order valence-electron chi connectivity index (χ0n) is 14.0. The second kappa shape index (κ2) is 6.50. The molecule has 1 N–H and O–H groups in total. The van der Waals surface area contributed by atoms with Crippen molar-refractivity contribution in [3.63, 3.8) is 0 Å². The van der Waals surface area contributed by atoms with Gasteiger partial charge in [-0.15, -0.1) is 0 Å². The average Bonchev–Trinajstić information content (AvgIpc) is 2.59. The molecule has 0 unspecified atom stereocenters. The van der Waals surface area contributed by atoms with Crippen molar-refractivity contribution in [3.8, 4) is 22.8 Å². The number of hydrogen-bond donors (Lipinski definition) is 1. The molecule has 1 aliphatic heterocycles. The molecule has 0 amide bonds. The highest BCUT2D eigenvalue weighted by molar-refractivity contribution is 6.35. The van der Waals surface area contributed by atoms with Crippen LogP contribution in [0.5, 0.6) is 11.5 Å². The first-order chi connectivity index (χ1) is 12.2. The number of benzene rings is 1. The van der Waals surface area contributed by atoms with Gasteiger partial charge in [0.15, 0.2) is 11.5 Å². The van der Waals surface area contributed by atoms with Crippen LogP contribution in [-0.2, 0) is 0 Å². The Balaban J connectivity index is 1.76. The monoisotopic (exact) mass is 355 g/mol. The van der Waals surface area contributed by atoms with Crippen molar-refractivity contribution in [2.75, 3.05) is 27.3 Å². The van der Waals surface area contributed by atoms with Crippen molar-refractivity contribution in [2.24, 2.45) is 0 Å². The summed E-state index contributed by atoms with van der Waals surface area (Å²) in [6, 6.07) is 9.65. The van der Waals surface area contributed by atoms with Crippen LogP contribution in [0.15, 0.2) is 36.5 Å². The summed E-state index contributed by atoms with van der Waals surface area (Å²) in [6.45, 7) is 1.99. The molecule has 0 spiro atoms. The van der Waals surface area contributed by atoms with Crippen LogP contribution in [0.1, 0.15) is 11.6 Å². The minimum atomic E-state index is 0.513. The van der Waals surface area contributed by atoms with Gasteiger partial charge in [-0.1, -0.05) is 11.6 Å². The molecule has 0 atom stereocenters. The Morgan fingerprint density at radius 1 is 1.08 bits per heavy atom. The van der Waals surface area contributed by atoms with Gasteiger partial charge in [-0.3, -0.25) is 4.98 Å². The Kier molecular flexibility index (Phi) is 4.19. The van der Waals surface area contributed by atoms with Gasteiger partial charge in [-0.2, -0.15) is 0 Å². The second-order valence-corrected chi connectivity index (χ2v) is 6.45. The molecule has 1 aromatic carbocycles. The van der Waals surface area contributed by atoms with Crippen LogP contribution >= 0.6 is 11.6 Å². The molecule has 3 heterocycles. The first-order valence-electron chi connectivity index (χ1n) is 8.09. The van der Waals surface area contributed by atoms with E-state index in [1.807, 2.05) is 30.5 Å². The molecule has 1 fully saturated rings. The van der Waals surface area contributed by atoms with Crippen molar-refractivity contribution in [2.45, 2.75) is 5.92 Å². The van der Waals surface area contributed by atoms with Gasteiger partial charge in [0.05, 0.1) is 30.5 Å². The number of ether oxygens (including phenoxy) is 2. The number of hydrogen-bond acceptors (Lipinski definition) is 5. The van der Waals surface area contributed by atoms with Crippen molar-refractivity contribution < 1.29 is 9.47 Å². The minimum Gasteiger partial charge on any atom is -0.493 e. The third kappa shape index (κ3) is 2.90. The highest BCUT2D eigenvalue weighted by atomic mass is 35.5. The molecule has 1 aliphatic rings. The maximum atomic E-state index is 6.48. The Bertz CT molecular complexity index is 924. The summed E-state index contributed by atoms with van der Waals surface area (Å²) >= 11 is 6.48. The van der Waals surface area contributed by atoms with Crippen LogP contribution in [0.25, 0.3) is 22.2 Å². The Hall–Kier alpha value is -2.37. The first kappa shape index (κ1) is 16.1. The van der Waals surface area contributed by atoms with Gasteiger partial charge < -0.3 is 14.8 Å². The van der Waals surface area contributed by atoms with E-state index >= 15 is 0 Å². The summed E-state index contributed by atoms with van der Waals surface area (Å²) < 4.78 is 10.7. The predicted molar refractivity (Wildman–Crippen MR) is 98.7 cm³/mol. The molecule has 25 heavy (non-hydrogen) atoms.